The standard InChI is InChI=1S/C23H42N6O2.HI/c1-4-23(3)20(30)29(22(31)27-23)15-9-14-25-21(24-5-2)26-18-12-16-28(17-13-18)19-10-7-6-8-11-19;/h18-19H,4-17H2,1-3H3,(H,27,31)(H2,24,25,26);1H. The lowest BCUT2D eigenvalue weighted by atomic mass is 9.92. The Morgan fingerprint density at radius 1 is 1.12 bits per heavy atom. The number of urea groups is 1. The highest BCUT2D eigenvalue weighted by molar-refractivity contribution is 14.0. The smallest absolute Gasteiger partial charge is 0.325 e. The van der Waals surface area contributed by atoms with Crippen LogP contribution in [0.1, 0.15) is 78.6 Å². The Labute approximate surface area is 210 Å². The molecule has 0 spiro atoms. The average Bonchev–Trinajstić information content (AvgIpc) is 3.01. The maximum atomic E-state index is 12.5. The number of nitrogens with one attached hydrogen (secondary N) is 3. The van der Waals surface area contributed by atoms with Crippen molar-refractivity contribution in [3.8, 4) is 0 Å². The maximum Gasteiger partial charge on any atom is 0.325 e. The molecule has 3 fully saturated rings. The van der Waals surface area contributed by atoms with Gasteiger partial charge in [-0.05, 0) is 52.4 Å². The summed E-state index contributed by atoms with van der Waals surface area (Å²) >= 11 is 0. The lowest BCUT2D eigenvalue weighted by molar-refractivity contribution is -0.130. The predicted molar refractivity (Wildman–Crippen MR) is 140 cm³/mol. The number of likely N-dealkylation sites (tertiary alicyclic amines) is 1. The topological polar surface area (TPSA) is 89.1 Å². The van der Waals surface area contributed by atoms with Gasteiger partial charge in [0.1, 0.15) is 5.54 Å². The van der Waals surface area contributed by atoms with Gasteiger partial charge in [-0.2, -0.15) is 0 Å². The number of imide groups is 1. The number of hydrogen-bond donors (Lipinski definition) is 3. The monoisotopic (exact) mass is 562 g/mol. The number of aliphatic imine (C=N–C) groups is 1. The van der Waals surface area contributed by atoms with Gasteiger partial charge >= 0.3 is 6.03 Å². The Balaban J connectivity index is 0.00000363. The van der Waals surface area contributed by atoms with Crippen LogP contribution in [-0.4, -0.2) is 78.0 Å². The molecule has 3 rings (SSSR count). The van der Waals surface area contributed by atoms with Crippen LogP contribution in [0.4, 0.5) is 4.79 Å². The van der Waals surface area contributed by atoms with Crippen LogP contribution in [0.2, 0.25) is 0 Å². The lowest BCUT2D eigenvalue weighted by Gasteiger charge is -2.39. The normalized spacial score (nSPS) is 26.1. The van der Waals surface area contributed by atoms with Gasteiger partial charge in [-0.15, -0.1) is 24.0 Å². The van der Waals surface area contributed by atoms with Crippen LogP contribution in [0, 0.1) is 0 Å². The number of nitrogens with zero attached hydrogens (tertiary/aromatic N) is 3. The summed E-state index contributed by atoms with van der Waals surface area (Å²) in [6.45, 7) is 9.92. The van der Waals surface area contributed by atoms with Crippen molar-refractivity contribution in [2.24, 2.45) is 4.99 Å². The van der Waals surface area contributed by atoms with Gasteiger partial charge in [0.15, 0.2) is 5.96 Å². The van der Waals surface area contributed by atoms with E-state index in [0.717, 1.165) is 31.4 Å². The molecule has 1 unspecified atom stereocenters. The summed E-state index contributed by atoms with van der Waals surface area (Å²) < 4.78 is 0. The highest BCUT2D eigenvalue weighted by Gasteiger charge is 2.45. The molecule has 1 saturated carbocycles. The summed E-state index contributed by atoms with van der Waals surface area (Å²) in [7, 11) is 0. The third-order valence-corrected chi connectivity index (χ3v) is 7.17. The van der Waals surface area contributed by atoms with Gasteiger partial charge in [0.2, 0.25) is 0 Å². The summed E-state index contributed by atoms with van der Waals surface area (Å²) in [6.07, 6.45) is 10.5. The fourth-order valence-corrected chi connectivity index (χ4v) is 4.98. The molecule has 2 saturated heterocycles. The van der Waals surface area contributed by atoms with Gasteiger partial charge in [-0.3, -0.25) is 14.7 Å². The molecule has 1 atom stereocenters. The summed E-state index contributed by atoms with van der Waals surface area (Å²) in [6, 6.07) is 0.971. The molecule has 8 nitrogen and oxygen atoms in total. The summed E-state index contributed by atoms with van der Waals surface area (Å²) in [4.78, 5) is 33.3. The molecule has 3 N–H and O–H groups in total. The molecule has 2 heterocycles. The molecular formula is C23H43IN6O2. The molecule has 0 aromatic rings. The molecule has 0 aromatic carbocycles. The first-order chi connectivity index (χ1) is 15.0. The van der Waals surface area contributed by atoms with Crippen molar-refractivity contribution in [3.63, 3.8) is 0 Å². The van der Waals surface area contributed by atoms with E-state index in [-0.39, 0.29) is 35.9 Å². The molecule has 3 amide bonds. The number of piperidine rings is 1. The van der Waals surface area contributed by atoms with E-state index in [4.69, 9.17) is 4.99 Å². The third-order valence-electron chi connectivity index (χ3n) is 7.17. The number of hydrogen-bond acceptors (Lipinski definition) is 4. The zero-order chi connectivity index (χ0) is 22.3. The van der Waals surface area contributed by atoms with Gasteiger partial charge < -0.3 is 20.9 Å². The van der Waals surface area contributed by atoms with Crippen molar-refractivity contribution in [3.05, 3.63) is 0 Å². The molecule has 9 heteroatoms. The Bertz CT molecular complexity index is 646. The fourth-order valence-electron chi connectivity index (χ4n) is 4.98. The Hall–Kier alpha value is -1.10. The van der Waals surface area contributed by atoms with Crippen molar-refractivity contribution >= 4 is 41.9 Å². The first kappa shape index (κ1) is 27.1. The second kappa shape index (κ2) is 13.0. The minimum Gasteiger partial charge on any atom is -0.357 e. The van der Waals surface area contributed by atoms with Gasteiger partial charge in [0, 0.05) is 44.8 Å². The molecule has 0 aromatic heterocycles. The van der Waals surface area contributed by atoms with Crippen LogP contribution in [0.3, 0.4) is 0 Å². The lowest BCUT2D eigenvalue weighted by Crippen LogP contribution is -2.51. The maximum absolute atomic E-state index is 12.5. The minimum atomic E-state index is -0.761. The Kier molecular flexibility index (Phi) is 11.0. The van der Waals surface area contributed by atoms with E-state index in [2.05, 4.69) is 27.8 Å². The SMILES string of the molecule is CCNC(=NCCCN1C(=O)NC(C)(CC)C1=O)NC1CCN(C2CCCCC2)CC1.I. The van der Waals surface area contributed by atoms with E-state index in [9.17, 15) is 9.59 Å². The zero-order valence-electron chi connectivity index (χ0n) is 20.1. The van der Waals surface area contributed by atoms with Gasteiger partial charge in [0.25, 0.3) is 5.91 Å². The number of amides is 3. The van der Waals surface area contributed by atoms with Crippen molar-refractivity contribution in [2.45, 2.75) is 96.2 Å². The first-order valence-corrected chi connectivity index (χ1v) is 12.4. The third kappa shape index (κ3) is 6.95. The molecule has 32 heavy (non-hydrogen) atoms. The van der Waals surface area contributed by atoms with Crippen LogP contribution in [0.25, 0.3) is 0 Å². The van der Waals surface area contributed by atoms with Crippen molar-refractivity contribution < 1.29 is 9.59 Å². The molecule has 0 bridgehead atoms. The number of carbonyl (C=O) groups is 2. The minimum absolute atomic E-state index is 0. The number of halogens is 1. The second-order valence-electron chi connectivity index (χ2n) is 9.43. The zero-order valence-corrected chi connectivity index (χ0v) is 22.5. The van der Waals surface area contributed by atoms with E-state index < -0.39 is 5.54 Å². The van der Waals surface area contributed by atoms with Gasteiger partial charge in [0.05, 0.1) is 0 Å². The molecule has 2 aliphatic heterocycles. The van der Waals surface area contributed by atoms with Crippen molar-refractivity contribution in [1.82, 2.24) is 25.8 Å². The van der Waals surface area contributed by atoms with E-state index >= 15 is 0 Å². The van der Waals surface area contributed by atoms with Crippen LogP contribution in [-0.2, 0) is 4.79 Å². The Morgan fingerprint density at radius 2 is 1.81 bits per heavy atom. The van der Waals surface area contributed by atoms with E-state index in [1.165, 1.54) is 50.1 Å². The summed E-state index contributed by atoms with van der Waals surface area (Å²) in [5, 5.41) is 9.74. The number of rotatable bonds is 8. The molecule has 1 aliphatic carbocycles. The van der Waals surface area contributed by atoms with Crippen molar-refractivity contribution in [1.29, 1.82) is 0 Å². The number of carbonyl (C=O) groups excluding carboxylic acids is 2. The highest BCUT2D eigenvalue weighted by atomic mass is 127. The van der Waals surface area contributed by atoms with Crippen LogP contribution in [0.5, 0.6) is 0 Å². The molecule has 0 radical (unpaired) electrons. The molecule has 184 valence electrons. The van der Waals surface area contributed by atoms with E-state index in [1.54, 1.807) is 6.92 Å². The molecule has 3 aliphatic rings. The highest BCUT2D eigenvalue weighted by Crippen LogP contribution is 2.25. The van der Waals surface area contributed by atoms with Gasteiger partial charge in [-0.25, -0.2) is 4.79 Å². The quantitative estimate of drug-likeness (QED) is 0.139. The molecular weight excluding hydrogens is 519 g/mol. The second-order valence-corrected chi connectivity index (χ2v) is 9.43. The van der Waals surface area contributed by atoms with Crippen LogP contribution in [0.15, 0.2) is 4.99 Å². The Morgan fingerprint density at radius 3 is 2.41 bits per heavy atom. The predicted octanol–water partition coefficient (Wildman–Crippen LogP) is 3.07. The van der Waals surface area contributed by atoms with E-state index in [0.29, 0.717) is 32.0 Å². The fraction of sp³-hybridized carbons (Fsp3) is 0.870. The van der Waals surface area contributed by atoms with Crippen molar-refractivity contribution in [2.75, 3.05) is 32.7 Å². The average molecular weight is 563 g/mol. The summed E-state index contributed by atoms with van der Waals surface area (Å²) in [5.74, 6) is 0.716. The van der Waals surface area contributed by atoms with Gasteiger partial charge in [-0.1, -0.05) is 26.2 Å². The number of guanidine groups is 1. The first-order valence-electron chi connectivity index (χ1n) is 12.4. The summed E-state index contributed by atoms with van der Waals surface area (Å²) in [5.41, 5.74) is -0.761. The van der Waals surface area contributed by atoms with Crippen LogP contribution >= 0.6 is 24.0 Å². The largest absolute Gasteiger partial charge is 0.357 e. The van der Waals surface area contributed by atoms with Crippen LogP contribution < -0.4 is 16.0 Å². The van der Waals surface area contributed by atoms with E-state index in [1.807, 2.05) is 6.92 Å².